The molecule has 0 amide bonds. The lowest BCUT2D eigenvalue weighted by Gasteiger charge is -2.07. The monoisotopic (exact) mass is 292 g/mol. The highest BCUT2D eigenvalue weighted by molar-refractivity contribution is 5.89. The van der Waals surface area contributed by atoms with Crippen LogP contribution in [0.25, 0.3) is 0 Å². The lowest BCUT2D eigenvalue weighted by Crippen LogP contribution is -2.20. The van der Waals surface area contributed by atoms with Crippen LogP contribution in [0.15, 0.2) is 49.1 Å². The molecule has 1 rings (SSSR count). The number of hydrogen-bond acceptors (Lipinski definition) is 6. The third-order valence-electron chi connectivity index (χ3n) is 2.19. The van der Waals surface area contributed by atoms with Gasteiger partial charge in [-0.25, -0.2) is 9.59 Å². The highest BCUT2D eigenvalue weighted by Crippen LogP contribution is 2.15. The van der Waals surface area contributed by atoms with Gasteiger partial charge in [0.25, 0.3) is 0 Å². The fraction of sp³-hybridized carbons (Fsp3) is 0.200. The molecule has 0 fully saturated rings. The lowest BCUT2D eigenvalue weighted by molar-refractivity contribution is -0.151. The van der Waals surface area contributed by atoms with Crippen molar-refractivity contribution in [2.45, 2.75) is 0 Å². The van der Waals surface area contributed by atoms with Gasteiger partial charge in [-0.15, -0.1) is 6.58 Å². The number of hydrogen-bond donors (Lipinski definition) is 1. The van der Waals surface area contributed by atoms with Gasteiger partial charge in [0, 0.05) is 0 Å². The van der Waals surface area contributed by atoms with Crippen LogP contribution in [-0.4, -0.2) is 36.9 Å². The van der Waals surface area contributed by atoms with Gasteiger partial charge in [-0.3, -0.25) is 0 Å². The molecule has 1 aromatic rings. The van der Waals surface area contributed by atoms with E-state index in [2.05, 4.69) is 13.2 Å². The summed E-state index contributed by atoms with van der Waals surface area (Å²) in [6.45, 7) is 6.69. The fourth-order valence-corrected chi connectivity index (χ4v) is 1.23. The van der Waals surface area contributed by atoms with Gasteiger partial charge in [-0.1, -0.05) is 12.7 Å². The van der Waals surface area contributed by atoms with Crippen LogP contribution in [0.4, 0.5) is 0 Å². The summed E-state index contributed by atoms with van der Waals surface area (Å²) in [6, 6.07) is 5.56. The Labute approximate surface area is 122 Å². The number of aromatic hydroxyl groups is 1. The normalized spacial score (nSPS) is 9.71. The molecule has 1 N–H and O–H groups in total. The Morgan fingerprint density at radius 3 is 2.48 bits per heavy atom. The fourth-order valence-electron chi connectivity index (χ4n) is 1.23. The van der Waals surface area contributed by atoms with Gasteiger partial charge < -0.3 is 19.3 Å². The molecular weight excluding hydrogens is 276 g/mol. The SMILES string of the molecule is C=CCOCC(=C)C(=O)OCC(=O)Oc1ccc(O)cc1. The van der Waals surface area contributed by atoms with Crippen molar-refractivity contribution in [3.63, 3.8) is 0 Å². The molecule has 6 heteroatoms. The maximum atomic E-state index is 11.5. The second kappa shape index (κ2) is 8.55. The molecule has 0 atom stereocenters. The summed E-state index contributed by atoms with van der Waals surface area (Å²) in [5.41, 5.74) is 0.0919. The van der Waals surface area contributed by atoms with Gasteiger partial charge in [-0.2, -0.15) is 0 Å². The minimum absolute atomic E-state index is 0.00212. The first-order valence-corrected chi connectivity index (χ1v) is 6.06. The van der Waals surface area contributed by atoms with Crippen molar-refractivity contribution in [3.8, 4) is 11.5 Å². The molecule has 0 aromatic heterocycles. The number of carbonyl (C=O) groups excluding carboxylic acids is 2. The van der Waals surface area contributed by atoms with Crippen LogP contribution in [0.1, 0.15) is 0 Å². The Hall–Kier alpha value is -2.60. The van der Waals surface area contributed by atoms with Crippen molar-refractivity contribution in [1.82, 2.24) is 0 Å². The maximum Gasteiger partial charge on any atom is 0.349 e. The van der Waals surface area contributed by atoms with Crippen LogP contribution in [0.5, 0.6) is 11.5 Å². The van der Waals surface area contributed by atoms with E-state index in [4.69, 9.17) is 19.3 Å². The first kappa shape index (κ1) is 16.5. The number of ether oxygens (including phenoxy) is 3. The lowest BCUT2D eigenvalue weighted by atomic mass is 10.3. The zero-order valence-electron chi connectivity index (χ0n) is 11.4. The van der Waals surface area contributed by atoms with Crippen LogP contribution in [-0.2, 0) is 19.1 Å². The van der Waals surface area contributed by atoms with E-state index in [1.165, 1.54) is 30.3 Å². The number of phenols is 1. The van der Waals surface area contributed by atoms with Crippen LogP contribution in [0.2, 0.25) is 0 Å². The second-order valence-electron chi connectivity index (χ2n) is 3.95. The van der Waals surface area contributed by atoms with Gasteiger partial charge in [-0.05, 0) is 24.3 Å². The zero-order chi connectivity index (χ0) is 15.7. The quantitative estimate of drug-likeness (QED) is 0.258. The number of esters is 2. The van der Waals surface area contributed by atoms with E-state index in [9.17, 15) is 9.59 Å². The summed E-state index contributed by atoms with van der Waals surface area (Å²) < 4.78 is 14.6. The van der Waals surface area contributed by atoms with Crippen molar-refractivity contribution in [2.24, 2.45) is 0 Å². The molecule has 0 aliphatic heterocycles. The van der Waals surface area contributed by atoms with E-state index >= 15 is 0 Å². The summed E-state index contributed by atoms with van der Waals surface area (Å²) in [5.74, 6) is -1.19. The van der Waals surface area contributed by atoms with E-state index in [0.29, 0.717) is 0 Å². The number of phenolic OH excluding ortho intramolecular Hbond substituents is 1. The zero-order valence-corrected chi connectivity index (χ0v) is 11.4. The minimum atomic E-state index is -0.742. The Balaban J connectivity index is 2.31. The highest BCUT2D eigenvalue weighted by Gasteiger charge is 2.12. The molecule has 0 spiro atoms. The molecule has 0 saturated carbocycles. The second-order valence-corrected chi connectivity index (χ2v) is 3.95. The predicted molar refractivity (Wildman–Crippen MR) is 74.9 cm³/mol. The molecule has 0 aliphatic carbocycles. The summed E-state index contributed by atoms with van der Waals surface area (Å²) in [7, 11) is 0. The average Bonchev–Trinajstić information content (AvgIpc) is 2.47. The first-order chi connectivity index (χ1) is 10.0. The van der Waals surface area contributed by atoms with Gasteiger partial charge in [0.1, 0.15) is 11.5 Å². The standard InChI is InChI=1S/C15H16O6/c1-3-8-19-9-11(2)15(18)20-10-14(17)21-13-6-4-12(16)5-7-13/h3-7,16H,1-2,8-10H2. The largest absolute Gasteiger partial charge is 0.508 e. The van der Waals surface area contributed by atoms with Gasteiger partial charge in [0.05, 0.1) is 18.8 Å². The number of rotatable bonds is 8. The van der Waals surface area contributed by atoms with Crippen molar-refractivity contribution < 1.29 is 28.9 Å². The third-order valence-corrected chi connectivity index (χ3v) is 2.19. The van der Waals surface area contributed by atoms with Crippen molar-refractivity contribution in [2.75, 3.05) is 19.8 Å². The Kier molecular flexibility index (Phi) is 6.70. The summed E-state index contributed by atoms with van der Waals surface area (Å²) in [6.07, 6.45) is 1.54. The Morgan fingerprint density at radius 1 is 1.19 bits per heavy atom. The molecule has 1 aromatic carbocycles. The topological polar surface area (TPSA) is 82.1 Å². The van der Waals surface area contributed by atoms with Gasteiger partial charge in [0.2, 0.25) is 0 Å². The Morgan fingerprint density at radius 2 is 1.86 bits per heavy atom. The molecule has 0 unspecified atom stereocenters. The summed E-state index contributed by atoms with van der Waals surface area (Å²) in [5, 5.41) is 9.08. The first-order valence-electron chi connectivity index (χ1n) is 6.06. The molecule has 0 radical (unpaired) electrons. The molecular formula is C15H16O6. The van der Waals surface area contributed by atoms with E-state index < -0.39 is 18.5 Å². The van der Waals surface area contributed by atoms with Crippen molar-refractivity contribution >= 4 is 11.9 Å². The molecule has 0 saturated heterocycles. The van der Waals surface area contributed by atoms with Crippen LogP contribution < -0.4 is 4.74 Å². The molecule has 6 nitrogen and oxygen atoms in total. The van der Waals surface area contributed by atoms with Crippen LogP contribution in [0, 0.1) is 0 Å². The van der Waals surface area contributed by atoms with E-state index in [1.54, 1.807) is 0 Å². The van der Waals surface area contributed by atoms with Gasteiger partial charge in [0.15, 0.2) is 6.61 Å². The molecule has 0 heterocycles. The van der Waals surface area contributed by atoms with Crippen LogP contribution in [0.3, 0.4) is 0 Å². The number of carbonyl (C=O) groups is 2. The number of benzene rings is 1. The molecule has 21 heavy (non-hydrogen) atoms. The van der Waals surface area contributed by atoms with E-state index in [1.807, 2.05) is 0 Å². The molecule has 112 valence electrons. The van der Waals surface area contributed by atoms with E-state index in [0.717, 1.165) is 0 Å². The van der Waals surface area contributed by atoms with Crippen molar-refractivity contribution in [3.05, 3.63) is 49.1 Å². The Bertz CT molecular complexity index is 517. The smallest absolute Gasteiger partial charge is 0.349 e. The summed E-state index contributed by atoms with van der Waals surface area (Å²) in [4.78, 5) is 22.9. The van der Waals surface area contributed by atoms with Crippen LogP contribution >= 0.6 is 0 Å². The summed E-state index contributed by atoms with van der Waals surface area (Å²) >= 11 is 0. The van der Waals surface area contributed by atoms with Crippen molar-refractivity contribution in [1.29, 1.82) is 0 Å². The van der Waals surface area contributed by atoms with E-state index in [-0.39, 0.29) is 30.3 Å². The predicted octanol–water partition coefficient (Wildman–Crippen LogP) is 1.60. The maximum absolute atomic E-state index is 11.5. The molecule has 0 aliphatic rings. The molecule has 0 bridgehead atoms. The highest BCUT2D eigenvalue weighted by atomic mass is 16.6. The average molecular weight is 292 g/mol. The van der Waals surface area contributed by atoms with Gasteiger partial charge >= 0.3 is 11.9 Å². The minimum Gasteiger partial charge on any atom is -0.508 e. The third kappa shape index (κ3) is 6.40.